The van der Waals surface area contributed by atoms with Crippen LogP contribution in [0.1, 0.15) is 256 Å². The number of ether oxygens (including phenoxy) is 1. The number of thiophene rings is 3. The number of aromatic nitrogens is 3. The van der Waals surface area contributed by atoms with Crippen LogP contribution in [0.3, 0.4) is 0 Å². The number of rotatable bonds is 24. The maximum atomic E-state index is 13.3. The Hall–Kier alpha value is -6.47. The van der Waals surface area contributed by atoms with E-state index in [1.54, 1.807) is 77.9 Å². The number of nitrogens with one attached hydrogen (secondary N) is 5. The summed E-state index contributed by atoms with van der Waals surface area (Å²) in [7, 11) is -8.69. The average Bonchev–Trinajstić information content (AvgIpc) is 1.63. The fourth-order valence-electron chi connectivity index (χ4n) is 16.9. The number of alkyl halides is 9. The van der Waals surface area contributed by atoms with Crippen molar-refractivity contribution in [3.8, 4) is 0 Å². The highest BCUT2D eigenvalue weighted by molar-refractivity contribution is 7.94. The van der Waals surface area contributed by atoms with Gasteiger partial charge in [-0.1, -0.05) is 62.3 Å². The number of halogens is 9. The van der Waals surface area contributed by atoms with Crippen molar-refractivity contribution < 1.29 is 76.1 Å². The third-order valence-electron chi connectivity index (χ3n) is 23.2. The highest BCUT2D eigenvalue weighted by Gasteiger charge is 2.47. The number of carbonyl (C=O) groups is 4. The van der Waals surface area contributed by atoms with Crippen molar-refractivity contribution in [2.45, 2.75) is 256 Å². The van der Waals surface area contributed by atoms with Gasteiger partial charge < -0.3 is 20.7 Å². The number of hydrogen-bond donors (Lipinski definition) is 5. The van der Waals surface area contributed by atoms with Crippen LogP contribution < -0.4 is 16.0 Å². The minimum atomic E-state index is -4.10. The molecule has 0 saturated heterocycles. The minimum absolute atomic E-state index is 0.112. The Balaban J connectivity index is 0.000000187. The SMILES string of the molecule is CCS(=O)(=NC(=O)OC(C)(C)C)c1ccc(CNC(=O)c2cc3c(s2)[C@H](C(C)C)N(CC2CCC(C(F)(F)F)CC2)C3)nc1.CC[S@@](=N)(=O)c1ccc(CNC(=O)c2cc3c(s2)[C@H](C(C)C)N(CC2CCC(C(F)(F)F)CC2)C3)nc1.CC[S@](=N)(=O)c1ccc(CNC(=O)c2cc3c(s2)[C@H](C(C)C)N(CC2CCC(C(F)(F)F)CC2)C3)nc1. The molecule has 118 heavy (non-hydrogen) atoms. The second-order valence-corrected chi connectivity index (χ2v) is 44.6. The van der Waals surface area contributed by atoms with E-state index in [1.807, 2.05) is 18.2 Å². The first-order valence-corrected chi connectivity index (χ1v) is 48.4. The monoisotopic (exact) mass is 1770 g/mol. The van der Waals surface area contributed by atoms with E-state index in [2.05, 4.69) is 91.5 Å². The first kappa shape index (κ1) is 93.8. The Bertz CT molecular complexity index is 4610. The van der Waals surface area contributed by atoms with Crippen molar-refractivity contribution in [1.29, 1.82) is 9.56 Å². The van der Waals surface area contributed by atoms with E-state index in [0.29, 0.717) is 122 Å². The van der Waals surface area contributed by atoms with Crippen LogP contribution in [0.4, 0.5) is 44.3 Å². The van der Waals surface area contributed by atoms with Crippen molar-refractivity contribution >= 4 is 87.0 Å². The molecule has 0 radical (unpaired) electrons. The topological polar surface area (TPSA) is 273 Å². The van der Waals surface area contributed by atoms with Gasteiger partial charge in [-0.05, 0) is 205 Å². The van der Waals surface area contributed by atoms with Crippen molar-refractivity contribution in [2.75, 3.05) is 36.9 Å². The molecule has 20 nitrogen and oxygen atoms in total. The molecule has 3 saturated carbocycles. The molecule has 0 aromatic carbocycles. The van der Waals surface area contributed by atoms with Gasteiger partial charge in [0, 0.05) is 108 Å². The maximum Gasteiger partial charge on any atom is 0.442 e. The van der Waals surface area contributed by atoms with Gasteiger partial charge in [0.1, 0.15) is 5.60 Å². The number of carbonyl (C=O) groups excluding carboxylic acids is 4. The summed E-state index contributed by atoms with van der Waals surface area (Å²) in [4.78, 5) is 77.4. The van der Waals surface area contributed by atoms with Crippen molar-refractivity contribution in [3.05, 3.63) is 136 Å². The molecule has 12 rings (SSSR count). The second kappa shape index (κ2) is 38.9. The van der Waals surface area contributed by atoms with E-state index < -0.39 is 77.2 Å². The van der Waals surface area contributed by atoms with Gasteiger partial charge >= 0.3 is 24.6 Å². The summed E-state index contributed by atoms with van der Waals surface area (Å²) < 4.78 is 180. The zero-order chi connectivity index (χ0) is 86.4. The highest BCUT2D eigenvalue weighted by atomic mass is 32.2. The van der Waals surface area contributed by atoms with Crippen LogP contribution in [0.15, 0.2) is 92.2 Å². The third kappa shape index (κ3) is 24.1. The summed E-state index contributed by atoms with van der Waals surface area (Å²) in [6, 6.07) is 16.1. The first-order valence-electron chi connectivity index (χ1n) is 40.8. The predicted octanol–water partition coefficient (Wildman–Crippen LogP) is 20.5. The lowest BCUT2D eigenvalue weighted by molar-refractivity contribution is -0.185. The van der Waals surface area contributed by atoms with Crippen LogP contribution in [-0.4, -0.2) is 127 Å². The number of nitrogens with zero attached hydrogens (tertiary/aromatic N) is 7. The van der Waals surface area contributed by atoms with E-state index in [-0.39, 0.29) is 129 Å². The van der Waals surface area contributed by atoms with Crippen LogP contribution in [0.25, 0.3) is 0 Å². The van der Waals surface area contributed by atoms with Gasteiger partial charge in [0.2, 0.25) is 0 Å². The molecule has 0 bridgehead atoms. The lowest BCUT2D eigenvalue weighted by Gasteiger charge is -2.35. The molecule has 3 fully saturated rings. The molecule has 0 spiro atoms. The molecular weight excluding hydrogens is 1660 g/mol. The number of pyridine rings is 3. The Morgan fingerprint density at radius 1 is 0.466 bits per heavy atom. The summed E-state index contributed by atoms with van der Waals surface area (Å²) in [5, 5.41) is 8.70. The first-order chi connectivity index (χ1) is 55.3. The molecule has 9 heterocycles. The van der Waals surface area contributed by atoms with E-state index >= 15 is 0 Å². The molecule has 6 aromatic rings. The Labute approximate surface area is 700 Å². The molecule has 652 valence electrons. The van der Waals surface area contributed by atoms with Gasteiger partial charge in [0.15, 0.2) is 0 Å². The fraction of sp³-hybridized carbons (Fsp3) is 0.627. The molecule has 6 aliphatic rings. The van der Waals surface area contributed by atoms with Crippen LogP contribution in [0, 0.1) is 62.8 Å². The van der Waals surface area contributed by atoms with Gasteiger partial charge in [0.25, 0.3) is 17.7 Å². The molecular formula is C83H113F9N12O8S6. The number of fused-ring (bicyclic) bond motifs is 3. The van der Waals surface area contributed by atoms with E-state index in [4.69, 9.17) is 14.3 Å². The Morgan fingerprint density at radius 2 is 0.746 bits per heavy atom. The van der Waals surface area contributed by atoms with Crippen LogP contribution in [0.5, 0.6) is 0 Å². The molecule has 3 aliphatic heterocycles. The molecule has 6 atom stereocenters. The third-order valence-corrected chi connectivity index (χ3v) is 32.8. The van der Waals surface area contributed by atoms with Gasteiger partial charge in [-0.15, -0.1) is 38.4 Å². The lowest BCUT2D eigenvalue weighted by Crippen LogP contribution is -2.35. The zero-order valence-corrected chi connectivity index (χ0v) is 74.0. The molecule has 1 unspecified atom stereocenters. The number of amides is 4. The second-order valence-electron chi connectivity index (χ2n) is 34.1. The van der Waals surface area contributed by atoms with Crippen molar-refractivity contribution in [2.24, 2.45) is 57.6 Å². The maximum absolute atomic E-state index is 13.3. The van der Waals surface area contributed by atoms with Gasteiger partial charge in [-0.3, -0.25) is 44.0 Å². The van der Waals surface area contributed by atoms with Crippen molar-refractivity contribution in [3.63, 3.8) is 0 Å². The summed E-state index contributed by atoms with van der Waals surface area (Å²) in [5.74, 6) is -1.77. The minimum Gasteiger partial charge on any atom is -0.442 e. The summed E-state index contributed by atoms with van der Waals surface area (Å²) >= 11 is 4.46. The van der Waals surface area contributed by atoms with Gasteiger partial charge in [-0.2, -0.15) is 39.5 Å². The number of hydrogen-bond acceptors (Lipinski definition) is 19. The molecule has 4 amide bonds. The summed E-state index contributed by atoms with van der Waals surface area (Å²) in [6.45, 7) is 28.2. The highest BCUT2D eigenvalue weighted by Crippen LogP contribution is 2.50. The van der Waals surface area contributed by atoms with Crippen LogP contribution in [-0.2, 0) is 73.2 Å². The molecule has 35 heteroatoms. The Morgan fingerprint density at radius 3 is 0.975 bits per heavy atom. The predicted molar refractivity (Wildman–Crippen MR) is 443 cm³/mol. The summed E-state index contributed by atoms with van der Waals surface area (Å²) in [5.41, 5.74) is 4.42. The summed E-state index contributed by atoms with van der Waals surface area (Å²) in [6.07, 6.45) is -3.93. The molecule has 6 aromatic heterocycles. The average molecular weight is 1770 g/mol. The van der Waals surface area contributed by atoms with Crippen LogP contribution in [0.2, 0.25) is 0 Å². The van der Waals surface area contributed by atoms with E-state index in [1.165, 1.54) is 62.4 Å². The van der Waals surface area contributed by atoms with E-state index in [9.17, 15) is 71.3 Å². The largest absolute Gasteiger partial charge is 0.442 e. The normalized spacial score (nSPS) is 23.5. The molecule has 3 aliphatic carbocycles. The van der Waals surface area contributed by atoms with Gasteiger partial charge in [0.05, 0.1) is 113 Å². The van der Waals surface area contributed by atoms with Gasteiger partial charge in [-0.25, -0.2) is 27.0 Å². The Kier molecular flexibility index (Phi) is 31.0. The smallest absolute Gasteiger partial charge is 0.442 e. The van der Waals surface area contributed by atoms with E-state index in [0.717, 1.165) is 41.2 Å². The fourth-order valence-corrected chi connectivity index (χ4v) is 24.1. The standard InChI is InChI=1S/C31H43F3N4O4S2.2C26H35F3N4O2S2/c1-7-44(41,37-29(40)42-30(4,5)6)24-13-12-23(35-16-24)15-36-28(39)25-14-21-18-38(26(19(2)3)27(21)43-25)17-20-8-10-22(11-9-20)31(32,33)34;2*1-4-37(30,35)21-10-9-20(31-13-21)12-32-25(34)22-11-18-15-33(23(16(2)3)24(18)36-22)14-17-5-7-19(8-6-17)26(27,28)29/h12-14,16,19-20,22,26H,7-11,15,17-18H2,1-6H3,(H,36,39);2*9-11,13,16-17,19,23,30H,4-8,12,14-15H2,1-3H3,(H,32,34)/t20?,22?,26-,44?;17?,19?,23-,37+;17?,19?,23-,37-/m000/s1. The lowest BCUT2D eigenvalue weighted by atomic mass is 9.81. The quantitative estimate of drug-likeness (QED) is 0.0353. The zero-order valence-electron chi connectivity index (χ0n) is 69.1. The van der Waals surface area contributed by atoms with Crippen molar-refractivity contribution in [1.82, 2.24) is 45.6 Å². The molecule has 5 N–H and O–H groups in total. The van der Waals surface area contributed by atoms with Crippen LogP contribution >= 0.6 is 34.0 Å².